The van der Waals surface area contributed by atoms with Crippen LogP contribution in [0.1, 0.15) is 32.4 Å². The number of nitrogens with one attached hydrogen (secondary N) is 1. The van der Waals surface area contributed by atoms with Crippen molar-refractivity contribution in [3.05, 3.63) is 18.0 Å². The molecule has 1 amide bonds. The highest BCUT2D eigenvalue weighted by Gasteiger charge is 2.13. The van der Waals surface area contributed by atoms with Crippen LogP contribution >= 0.6 is 0 Å². The highest BCUT2D eigenvalue weighted by atomic mass is 16.1. The summed E-state index contributed by atoms with van der Waals surface area (Å²) in [7, 11) is 1.87. The molecule has 0 unspecified atom stereocenters. The Morgan fingerprint density at radius 3 is 2.67 bits per heavy atom. The molecule has 0 aliphatic carbocycles. The minimum Gasteiger partial charge on any atom is -0.350 e. The third kappa shape index (κ3) is 3.08. The summed E-state index contributed by atoms with van der Waals surface area (Å²) >= 11 is 0. The second-order valence-electron chi connectivity index (χ2n) is 3.68. The first-order chi connectivity index (χ1) is 7.19. The van der Waals surface area contributed by atoms with Crippen molar-refractivity contribution < 1.29 is 4.79 Å². The lowest BCUT2D eigenvalue weighted by Gasteiger charge is -2.12. The van der Waals surface area contributed by atoms with Crippen LogP contribution in [0.15, 0.2) is 12.3 Å². The number of carbonyl (C=O) groups excluding carboxylic acids is 1. The van der Waals surface area contributed by atoms with E-state index in [0.29, 0.717) is 6.54 Å². The molecule has 0 radical (unpaired) electrons. The van der Waals surface area contributed by atoms with E-state index in [1.54, 1.807) is 10.9 Å². The zero-order valence-corrected chi connectivity index (χ0v) is 9.66. The Hall–Kier alpha value is -1.32. The second-order valence-corrected chi connectivity index (χ2v) is 3.68. The number of aromatic nitrogens is 2. The van der Waals surface area contributed by atoms with Crippen molar-refractivity contribution in [2.45, 2.75) is 33.2 Å². The summed E-state index contributed by atoms with van der Waals surface area (Å²) in [4.78, 5) is 11.7. The molecule has 0 aromatic carbocycles. The molecule has 84 valence electrons. The van der Waals surface area contributed by atoms with Gasteiger partial charge >= 0.3 is 0 Å². The van der Waals surface area contributed by atoms with E-state index in [9.17, 15) is 4.79 Å². The predicted molar refractivity (Wildman–Crippen MR) is 59.1 cm³/mol. The molecule has 0 spiro atoms. The zero-order chi connectivity index (χ0) is 11.3. The summed E-state index contributed by atoms with van der Waals surface area (Å²) in [6, 6.07) is 1.91. The number of amides is 1. The molecule has 1 N–H and O–H groups in total. The number of hydrogen-bond acceptors (Lipinski definition) is 2. The molecular formula is C11H19N3O. The fraction of sp³-hybridized carbons (Fsp3) is 0.636. The molecule has 0 saturated heterocycles. The lowest BCUT2D eigenvalue weighted by atomic mass is 10.0. The van der Waals surface area contributed by atoms with Gasteiger partial charge in [-0.05, 0) is 18.9 Å². The normalized spacial score (nSPS) is 10.7. The first-order valence-corrected chi connectivity index (χ1v) is 5.43. The number of carbonyl (C=O) groups is 1. The molecule has 0 aliphatic heterocycles. The van der Waals surface area contributed by atoms with Crippen molar-refractivity contribution in [2.24, 2.45) is 13.0 Å². The molecule has 4 heteroatoms. The van der Waals surface area contributed by atoms with Crippen molar-refractivity contribution in [1.82, 2.24) is 15.1 Å². The first-order valence-electron chi connectivity index (χ1n) is 5.43. The van der Waals surface area contributed by atoms with E-state index in [1.807, 2.05) is 27.0 Å². The van der Waals surface area contributed by atoms with Crippen LogP contribution in [-0.2, 0) is 18.4 Å². The molecule has 0 saturated carbocycles. The van der Waals surface area contributed by atoms with Gasteiger partial charge in [0, 0.05) is 19.2 Å². The van der Waals surface area contributed by atoms with Gasteiger partial charge in [-0.1, -0.05) is 13.8 Å². The highest BCUT2D eigenvalue weighted by molar-refractivity contribution is 5.78. The zero-order valence-electron chi connectivity index (χ0n) is 9.66. The van der Waals surface area contributed by atoms with Gasteiger partial charge in [0.2, 0.25) is 5.91 Å². The maximum atomic E-state index is 11.7. The molecule has 4 nitrogen and oxygen atoms in total. The SMILES string of the molecule is CCC(CC)C(=O)NCc1ccnn1C. The van der Waals surface area contributed by atoms with Crippen LogP contribution in [0.3, 0.4) is 0 Å². The van der Waals surface area contributed by atoms with Crippen molar-refractivity contribution in [1.29, 1.82) is 0 Å². The minimum atomic E-state index is 0.137. The summed E-state index contributed by atoms with van der Waals surface area (Å²) in [5, 5.41) is 6.97. The van der Waals surface area contributed by atoms with Crippen LogP contribution in [0.4, 0.5) is 0 Å². The average Bonchev–Trinajstić information content (AvgIpc) is 2.63. The van der Waals surface area contributed by atoms with Gasteiger partial charge in [0.05, 0.1) is 12.2 Å². The van der Waals surface area contributed by atoms with Crippen LogP contribution in [0.25, 0.3) is 0 Å². The third-order valence-corrected chi connectivity index (χ3v) is 2.72. The average molecular weight is 209 g/mol. The van der Waals surface area contributed by atoms with Crippen molar-refractivity contribution in [2.75, 3.05) is 0 Å². The fourth-order valence-electron chi connectivity index (χ4n) is 1.56. The highest BCUT2D eigenvalue weighted by Crippen LogP contribution is 2.07. The third-order valence-electron chi connectivity index (χ3n) is 2.72. The maximum absolute atomic E-state index is 11.7. The Morgan fingerprint density at radius 2 is 2.20 bits per heavy atom. The first kappa shape index (κ1) is 11.8. The van der Waals surface area contributed by atoms with Gasteiger partial charge in [-0.2, -0.15) is 5.10 Å². The molecule has 1 aromatic rings. The van der Waals surface area contributed by atoms with Gasteiger partial charge in [-0.3, -0.25) is 9.48 Å². The van der Waals surface area contributed by atoms with Gasteiger partial charge in [-0.25, -0.2) is 0 Å². The summed E-state index contributed by atoms with van der Waals surface area (Å²) in [6.07, 6.45) is 3.53. The molecule has 0 aliphatic rings. The summed E-state index contributed by atoms with van der Waals surface area (Å²) in [5.74, 6) is 0.277. The molecule has 1 rings (SSSR count). The molecule has 1 aromatic heterocycles. The van der Waals surface area contributed by atoms with Gasteiger partial charge in [0.1, 0.15) is 0 Å². The van der Waals surface area contributed by atoms with Crippen LogP contribution in [-0.4, -0.2) is 15.7 Å². The van der Waals surface area contributed by atoms with Gasteiger partial charge in [-0.15, -0.1) is 0 Å². The Balaban J connectivity index is 2.43. The number of nitrogens with zero attached hydrogens (tertiary/aromatic N) is 2. The summed E-state index contributed by atoms with van der Waals surface area (Å²) < 4.78 is 1.77. The van der Waals surface area contributed by atoms with E-state index in [2.05, 4.69) is 10.4 Å². The van der Waals surface area contributed by atoms with Crippen LogP contribution < -0.4 is 5.32 Å². The monoisotopic (exact) mass is 209 g/mol. The van der Waals surface area contributed by atoms with E-state index in [0.717, 1.165) is 18.5 Å². The number of aryl methyl sites for hydroxylation is 1. The van der Waals surface area contributed by atoms with Crippen LogP contribution in [0.2, 0.25) is 0 Å². The van der Waals surface area contributed by atoms with Gasteiger partial charge in [0.25, 0.3) is 0 Å². The standard InChI is InChI=1S/C11H19N3O/c1-4-9(5-2)11(15)12-8-10-6-7-13-14(10)3/h6-7,9H,4-5,8H2,1-3H3,(H,12,15). The van der Waals surface area contributed by atoms with Crippen molar-refractivity contribution in [3.63, 3.8) is 0 Å². The molecular weight excluding hydrogens is 190 g/mol. The Bertz CT molecular complexity index is 315. The molecule has 0 atom stereocenters. The van der Waals surface area contributed by atoms with E-state index in [4.69, 9.17) is 0 Å². The topological polar surface area (TPSA) is 46.9 Å². The fourth-order valence-corrected chi connectivity index (χ4v) is 1.56. The van der Waals surface area contributed by atoms with E-state index >= 15 is 0 Å². The van der Waals surface area contributed by atoms with Crippen molar-refractivity contribution in [3.8, 4) is 0 Å². The minimum absolute atomic E-state index is 0.137. The molecule has 0 bridgehead atoms. The lowest BCUT2D eigenvalue weighted by molar-refractivity contribution is -0.125. The second kappa shape index (κ2) is 5.53. The molecule has 15 heavy (non-hydrogen) atoms. The quantitative estimate of drug-likeness (QED) is 0.798. The molecule has 0 fully saturated rings. The largest absolute Gasteiger partial charge is 0.350 e. The number of hydrogen-bond donors (Lipinski definition) is 1. The van der Waals surface area contributed by atoms with Crippen LogP contribution in [0, 0.1) is 5.92 Å². The lowest BCUT2D eigenvalue weighted by Crippen LogP contribution is -2.30. The van der Waals surface area contributed by atoms with Crippen LogP contribution in [0.5, 0.6) is 0 Å². The van der Waals surface area contributed by atoms with Gasteiger partial charge in [0.15, 0.2) is 0 Å². The Kier molecular flexibility index (Phi) is 4.34. The maximum Gasteiger partial charge on any atom is 0.223 e. The smallest absolute Gasteiger partial charge is 0.223 e. The predicted octanol–water partition coefficient (Wildman–Crippen LogP) is 1.47. The summed E-state index contributed by atoms with van der Waals surface area (Å²) in [6.45, 7) is 4.64. The Morgan fingerprint density at radius 1 is 1.53 bits per heavy atom. The summed E-state index contributed by atoms with van der Waals surface area (Å²) in [5.41, 5.74) is 1.02. The van der Waals surface area contributed by atoms with E-state index in [1.165, 1.54) is 0 Å². The Labute approximate surface area is 90.7 Å². The van der Waals surface area contributed by atoms with Crippen molar-refractivity contribution >= 4 is 5.91 Å². The molecule has 1 heterocycles. The van der Waals surface area contributed by atoms with E-state index < -0.39 is 0 Å². The number of rotatable bonds is 5. The van der Waals surface area contributed by atoms with E-state index in [-0.39, 0.29) is 11.8 Å². The van der Waals surface area contributed by atoms with Gasteiger partial charge < -0.3 is 5.32 Å².